The normalized spacial score (nSPS) is 20.3. The molecule has 1 saturated heterocycles. The van der Waals surface area contributed by atoms with Crippen molar-refractivity contribution in [2.24, 2.45) is 5.92 Å². The van der Waals surface area contributed by atoms with Crippen LogP contribution in [0.4, 0.5) is 5.00 Å². The first kappa shape index (κ1) is 25.4. The third-order valence-electron chi connectivity index (χ3n) is 7.34. The van der Waals surface area contributed by atoms with Crippen molar-refractivity contribution in [3.05, 3.63) is 41.8 Å². The Kier molecular flexibility index (Phi) is 8.57. The second-order valence-electron chi connectivity index (χ2n) is 9.60. The van der Waals surface area contributed by atoms with Crippen LogP contribution in [0.25, 0.3) is 11.1 Å². The molecule has 188 valence electrons. The van der Waals surface area contributed by atoms with E-state index in [0.717, 1.165) is 54.7 Å². The molecule has 0 unspecified atom stereocenters. The van der Waals surface area contributed by atoms with Crippen LogP contribution in [-0.2, 0) is 14.4 Å². The molecule has 3 atom stereocenters. The zero-order valence-corrected chi connectivity index (χ0v) is 21.4. The maximum absolute atomic E-state index is 13.8. The van der Waals surface area contributed by atoms with Crippen LogP contribution in [0, 0.1) is 5.92 Å². The van der Waals surface area contributed by atoms with Crippen molar-refractivity contribution in [2.45, 2.75) is 70.0 Å². The Morgan fingerprint density at radius 1 is 1.00 bits per heavy atom. The second-order valence-corrected chi connectivity index (χ2v) is 10.5. The van der Waals surface area contributed by atoms with Gasteiger partial charge in [0.1, 0.15) is 17.1 Å². The Morgan fingerprint density at radius 3 is 2.46 bits per heavy atom. The molecule has 2 fully saturated rings. The number of thiophene rings is 1. The van der Waals surface area contributed by atoms with Gasteiger partial charge < -0.3 is 20.9 Å². The lowest BCUT2D eigenvalue weighted by atomic mass is 9.83. The largest absolute Gasteiger partial charge is 0.343 e. The quantitative estimate of drug-likeness (QED) is 0.515. The Hall–Kier alpha value is -2.71. The van der Waals surface area contributed by atoms with E-state index in [1.165, 1.54) is 11.3 Å². The van der Waals surface area contributed by atoms with E-state index in [2.05, 4.69) is 16.0 Å². The van der Waals surface area contributed by atoms with E-state index in [-0.39, 0.29) is 29.7 Å². The van der Waals surface area contributed by atoms with Crippen molar-refractivity contribution in [1.29, 1.82) is 0 Å². The SMILES string of the molecule is CN[C@@H](C)C(=O)N[C@H](C(=O)N1CCC[C@H]1C(=O)Nc1sccc1-c1ccccc1)C1CCCCC1. The Balaban J connectivity index is 1.50. The molecule has 1 aliphatic heterocycles. The fraction of sp³-hybridized carbons (Fsp3) is 0.519. The van der Waals surface area contributed by atoms with Crippen LogP contribution in [0.1, 0.15) is 51.9 Å². The molecule has 4 rings (SSSR count). The maximum Gasteiger partial charge on any atom is 0.247 e. The van der Waals surface area contributed by atoms with Crippen molar-refractivity contribution >= 4 is 34.1 Å². The summed E-state index contributed by atoms with van der Waals surface area (Å²) in [4.78, 5) is 41.6. The van der Waals surface area contributed by atoms with E-state index in [0.29, 0.717) is 13.0 Å². The molecule has 0 bridgehead atoms. The van der Waals surface area contributed by atoms with Gasteiger partial charge in [-0.05, 0) is 62.6 Å². The molecule has 2 heterocycles. The van der Waals surface area contributed by atoms with Crippen LogP contribution in [0.3, 0.4) is 0 Å². The summed E-state index contributed by atoms with van der Waals surface area (Å²) in [6, 6.07) is 10.5. The summed E-state index contributed by atoms with van der Waals surface area (Å²) in [5.74, 6) is -0.355. The number of anilines is 1. The van der Waals surface area contributed by atoms with E-state index >= 15 is 0 Å². The van der Waals surface area contributed by atoms with Crippen LogP contribution < -0.4 is 16.0 Å². The fourth-order valence-corrected chi connectivity index (χ4v) is 6.00. The van der Waals surface area contributed by atoms with Gasteiger partial charge in [-0.3, -0.25) is 14.4 Å². The number of carbonyl (C=O) groups excluding carboxylic acids is 3. The lowest BCUT2D eigenvalue weighted by Crippen LogP contribution is -2.57. The Bertz CT molecular complexity index is 1020. The highest BCUT2D eigenvalue weighted by molar-refractivity contribution is 7.15. The summed E-state index contributed by atoms with van der Waals surface area (Å²) >= 11 is 1.48. The number of amides is 3. The average molecular weight is 497 g/mol. The number of rotatable bonds is 8. The molecule has 35 heavy (non-hydrogen) atoms. The van der Waals surface area contributed by atoms with Gasteiger partial charge in [0.25, 0.3) is 0 Å². The molecular formula is C27H36N4O3S. The van der Waals surface area contributed by atoms with Gasteiger partial charge in [0.05, 0.1) is 6.04 Å². The molecule has 7 nitrogen and oxygen atoms in total. The smallest absolute Gasteiger partial charge is 0.247 e. The number of hydrogen-bond acceptors (Lipinski definition) is 5. The van der Waals surface area contributed by atoms with Crippen molar-refractivity contribution in [1.82, 2.24) is 15.5 Å². The van der Waals surface area contributed by atoms with Gasteiger partial charge in [-0.15, -0.1) is 11.3 Å². The molecule has 2 aromatic rings. The summed E-state index contributed by atoms with van der Waals surface area (Å²) in [6.07, 6.45) is 6.54. The average Bonchev–Trinajstić information content (AvgIpc) is 3.57. The number of nitrogens with one attached hydrogen (secondary N) is 3. The summed E-state index contributed by atoms with van der Waals surface area (Å²) in [5, 5.41) is 11.8. The van der Waals surface area contributed by atoms with Crippen LogP contribution in [-0.4, -0.2) is 54.3 Å². The van der Waals surface area contributed by atoms with Crippen molar-refractivity contribution < 1.29 is 14.4 Å². The highest BCUT2D eigenvalue weighted by Crippen LogP contribution is 2.34. The standard InChI is InChI=1S/C27H36N4O3S/c1-18(28-2)24(32)29-23(20-12-7-4-8-13-20)27(34)31-16-9-14-22(31)25(33)30-26-21(15-17-35-26)19-10-5-3-6-11-19/h3,5-6,10-11,15,17-18,20,22-23,28H,4,7-9,12-14,16H2,1-2H3,(H,29,32)(H,30,33)/t18-,22-,23-/m0/s1. The number of likely N-dealkylation sites (N-methyl/N-ethyl adjacent to an activating group) is 1. The minimum Gasteiger partial charge on any atom is -0.343 e. The minimum atomic E-state index is -0.589. The predicted octanol–water partition coefficient (Wildman–Crippen LogP) is 4.02. The van der Waals surface area contributed by atoms with Crippen LogP contribution in [0.2, 0.25) is 0 Å². The highest BCUT2D eigenvalue weighted by Gasteiger charge is 2.41. The van der Waals surface area contributed by atoms with Gasteiger partial charge in [-0.1, -0.05) is 49.6 Å². The first-order chi connectivity index (χ1) is 17.0. The molecule has 8 heteroatoms. The predicted molar refractivity (Wildman–Crippen MR) is 140 cm³/mol. The van der Waals surface area contributed by atoms with E-state index in [1.54, 1.807) is 18.9 Å². The molecule has 3 N–H and O–H groups in total. The maximum atomic E-state index is 13.8. The molecule has 1 saturated carbocycles. The first-order valence-corrected chi connectivity index (χ1v) is 13.6. The monoisotopic (exact) mass is 496 g/mol. The molecule has 0 radical (unpaired) electrons. The zero-order chi connectivity index (χ0) is 24.8. The fourth-order valence-electron chi connectivity index (χ4n) is 5.19. The number of carbonyl (C=O) groups is 3. The van der Waals surface area contributed by atoms with Gasteiger partial charge in [0.15, 0.2) is 0 Å². The molecule has 0 spiro atoms. The summed E-state index contributed by atoms with van der Waals surface area (Å²) in [5.41, 5.74) is 2.02. The van der Waals surface area contributed by atoms with E-state index in [4.69, 9.17) is 0 Å². The van der Waals surface area contributed by atoms with E-state index < -0.39 is 12.1 Å². The van der Waals surface area contributed by atoms with Crippen LogP contribution >= 0.6 is 11.3 Å². The first-order valence-electron chi connectivity index (χ1n) is 12.7. The lowest BCUT2D eigenvalue weighted by molar-refractivity contribution is -0.142. The number of benzene rings is 1. The molecule has 1 aromatic heterocycles. The molecule has 1 aliphatic carbocycles. The Morgan fingerprint density at radius 2 is 1.74 bits per heavy atom. The van der Waals surface area contributed by atoms with E-state index in [9.17, 15) is 14.4 Å². The summed E-state index contributed by atoms with van der Waals surface area (Å²) in [6.45, 7) is 2.32. The van der Waals surface area contributed by atoms with Crippen LogP contribution in [0.5, 0.6) is 0 Å². The number of likely N-dealkylation sites (tertiary alicyclic amines) is 1. The molecule has 1 aromatic carbocycles. The van der Waals surface area contributed by atoms with Gasteiger partial charge in [-0.2, -0.15) is 0 Å². The summed E-state index contributed by atoms with van der Waals surface area (Å²) < 4.78 is 0. The van der Waals surface area contributed by atoms with Crippen LogP contribution in [0.15, 0.2) is 41.8 Å². The highest BCUT2D eigenvalue weighted by atomic mass is 32.1. The van der Waals surface area contributed by atoms with E-state index in [1.807, 2.05) is 41.8 Å². The van der Waals surface area contributed by atoms with Crippen molar-refractivity contribution in [2.75, 3.05) is 18.9 Å². The minimum absolute atomic E-state index is 0.107. The van der Waals surface area contributed by atoms with Gasteiger partial charge in [0.2, 0.25) is 17.7 Å². The third kappa shape index (κ3) is 5.93. The van der Waals surface area contributed by atoms with Gasteiger partial charge in [0, 0.05) is 12.1 Å². The number of hydrogen-bond donors (Lipinski definition) is 3. The molecular weight excluding hydrogens is 460 g/mol. The third-order valence-corrected chi connectivity index (χ3v) is 8.17. The van der Waals surface area contributed by atoms with Crippen molar-refractivity contribution in [3.8, 4) is 11.1 Å². The topological polar surface area (TPSA) is 90.5 Å². The Labute approximate surface area is 211 Å². The second kappa shape index (κ2) is 11.8. The lowest BCUT2D eigenvalue weighted by Gasteiger charge is -2.35. The summed E-state index contributed by atoms with van der Waals surface area (Å²) in [7, 11) is 1.73. The van der Waals surface area contributed by atoms with Crippen molar-refractivity contribution in [3.63, 3.8) is 0 Å². The zero-order valence-electron chi connectivity index (χ0n) is 20.6. The molecule has 2 aliphatic rings. The molecule has 3 amide bonds. The van der Waals surface area contributed by atoms with Gasteiger partial charge >= 0.3 is 0 Å². The van der Waals surface area contributed by atoms with Gasteiger partial charge in [-0.25, -0.2) is 0 Å². The number of nitrogens with zero attached hydrogens (tertiary/aromatic N) is 1.